The van der Waals surface area contributed by atoms with Crippen LogP contribution in [0.5, 0.6) is 0 Å². The lowest BCUT2D eigenvalue weighted by Crippen LogP contribution is -2.42. The van der Waals surface area contributed by atoms with Crippen LogP contribution in [0.15, 0.2) is 75.8 Å². The van der Waals surface area contributed by atoms with Crippen LogP contribution in [0.4, 0.5) is 17.3 Å². The number of rotatable bonds is 2. The van der Waals surface area contributed by atoms with Crippen molar-refractivity contribution in [1.82, 2.24) is 49.7 Å². The SMILES string of the molecule is CC1(C)NC(=O)c2c(Cl)cc(Br)c(=O)n21.CC1(C)NC(=O)c2c(Cl)cc(Nc3ncnc4ccncc34)c(=O)n21.Nc1ncnc2ccncc12. The van der Waals surface area contributed by atoms with E-state index in [0.717, 1.165) is 10.9 Å². The van der Waals surface area contributed by atoms with Crippen molar-refractivity contribution < 1.29 is 9.59 Å². The third kappa shape index (κ3) is 6.58. The molecule has 8 rings (SSSR count). The Morgan fingerprint density at radius 2 is 1.25 bits per heavy atom. The number of hydrogen-bond donors (Lipinski definition) is 4. The Morgan fingerprint density at radius 1 is 0.745 bits per heavy atom. The Bertz CT molecular complexity index is 2510. The summed E-state index contributed by atoms with van der Waals surface area (Å²) in [5.41, 5.74) is 5.40. The summed E-state index contributed by atoms with van der Waals surface area (Å²) in [5, 5.41) is 10.3. The summed E-state index contributed by atoms with van der Waals surface area (Å²) in [7, 11) is 0. The Hall–Kier alpha value is -5.52. The molecule has 0 saturated heterocycles. The van der Waals surface area contributed by atoms with Crippen LogP contribution in [0.1, 0.15) is 48.7 Å². The van der Waals surface area contributed by atoms with Gasteiger partial charge in [-0.2, -0.15) is 0 Å². The zero-order chi connectivity index (χ0) is 36.8. The van der Waals surface area contributed by atoms with Gasteiger partial charge in [-0.3, -0.25) is 38.3 Å². The van der Waals surface area contributed by atoms with E-state index in [-0.39, 0.29) is 50.1 Å². The van der Waals surface area contributed by atoms with Crippen LogP contribution in [0.2, 0.25) is 10.0 Å². The molecule has 2 amide bonds. The second kappa shape index (κ2) is 13.3. The first-order valence-corrected chi connectivity index (χ1v) is 16.5. The quantitative estimate of drug-likeness (QED) is 0.193. The number of hydrogen-bond acceptors (Lipinski definition) is 12. The number of nitrogen functional groups attached to an aromatic ring is 1. The van der Waals surface area contributed by atoms with E-state index in [1.54, 1.807) is 64.6 Å². The van der Waals surface area contributed by atoms with E-state index in [1.807, 2.05) is 0 Å². The Balaban J connectivity index is 0.000000146. The summed E-state index contributed by atoms with van der Waals surface area (Å²) in [6.45, 7) is 6.94. The van der Waals surface area contributed by atoms with E-state index in [1.165, 1.54) is 33.9 Å². The first-order chi connectivity index (χ1) is 24.1. The molecule has 2 aliphatic heterocycles. The minimum Gasteiger partial charge on any atom is -0.383 e. The molecular formula is C32H27BrCl2N12O4. The van der Waals surface area contributed by atoms with Crippen molar-refractivity contribution in [3.8, 4) is 0 Å². The molecule has 51 heavy (non-hydrogen) atoms. The summed E-state index contributed by atoms with van der Waals surface area (Å²) in [5.74, 6) is 0.204. The van der Waals surface area contributed by atoms with Crippen LogP contribution in [0.25, 0.3) is 21.8 Å². The van der Waals surface area contributed by atoms with E-state index in [2.05, 4.69) is 61.8 Å². The number of nitrogens with two attached hydrogens (primary N) is 1. The largest absolute Gasteiger partial charge is 0.383 e. The average molecular weight is 794 g/mol. The van der Waals surface area contributed by atoms with Gasteiger partial charge in [0.05, 0.1) is 36.3 Å². The van der Waals surface area contributed by atoms with Crippen molar-refractivity contribution in [3.63, 3.8) is 0 Å². The van der Waals surface area contributed by atoms with E-state index in [0.29, 0.717) is 27.0 Å². The van der Waals surface area contributed by atoms with Gasteiger partial charge < -0.3 is 21.7 Å². The number of nitrogens with zero attached hydrogens (tertiary/aromatic N) is 8. The molecule has 260 valence electrons. The maximum Gasteiger partial charge on any atom is 0.276 e. The molecule has 19 heteroatoms. The van der Waals surface area contributed by atoms with Gasteiger partial charge >= 0.3 is 0 Å². The van der Waals surface area contributed by atoms with Gasteiger partial charge in [0.2, 0.25) is 0 Å². The first kappa shape index (κ1) is 35.3. The van der Waals surface area contributed by atoms with Crippen LogP contribution in [0.3, 0.4) is 0 Å². The molecule has 0 saturated carbocycles. The lowest BCUT2D eigenvalue weighted by atomic mass is 10.2. The highest BCUT2D eigenvalue weighted by atomic mass is 79.9. The summed E-state index contributed by atoms with van der Waals surface area (Å²) in [6, 6.07) is 6.42. The number of nitrogens with one attached hydrogen (secondary N) is 3. The van der Waals surface area contributed by atoms with Gasteiger partial charge in [-0.05, 0) is 67.9 Å². The first-order valence-electron chi connectivity index (χ1n) is 14.9. The van der Waals surface area contributed by atoms with Crippen molar-refractivity contribution in [2.75, 3.05) is 11.1 Å². The van der Waals surface area contributed by atoms with E-state index in [4.69, 9.17) is 28.9 Å². The van der Waals surface area contributed by atoms with E-state index >= 15 is 0 Å². The molecule has 16 nitrogen and oxygen atoms in total. The van der Waals surface area contributed by atoms with Gasteiger partial charge in [0.15, 0.2) is 0 Å². The number of carbonyl (C=O) groups is 2. The van der Waals surface area contributed by atoms with Crippen LogP contribution >= 0.6 is 39.1 Å². The van der Waals surface area contributed by atoms with Crippen molar-refractivity contribution in [2.24, 2.45) is 0 Å². The molecule has 5 N–H and O–H groups in total. The number of aromatic nitrogens is 8. The Labute approximate surface area is 306 Å². The molecule has 2 aliphatic rings. The number of anilines is 3. The lowest BCUT2D eigenvalue weighted by Gasteiger charge is -2.22. The molecule has 0 radical (unpaired) electrons. The summed E-state index contributed by atoms with van der Waals surface area (Å²) in [4.78, 5) is 72.6. The van der Waals surface area contributed by atoms with Gasteiger partial charge in [-0.25, -0.2) is 19.9 Å². The maximum atomic E-state index is 12.9. The van der Waals surface area contributed by atoms with Gasteiger partial charge in [0.1, 0.15) is 52.7 Å². The second-order valence-corrected chi connectivity index (χ2v) is 13.8. The molecule has 0 aliphatic carbocycles. The molecule has 0 aromatic carbocycles. The zero-order valence-corrected chi connectivity index (χ0v) is 30.3. The summed E-state index contributed by atoms with van der Waals surface area (Å²) < 4.78 is 3.06. The number of carbonyl (C=O) groups excluding carboxylic acids is 2. The van der Waals surface area contributed by atoms with Crippen molar-refractivity contribution >= 4 is 90.1 Å². The highest BCUT2D eigenvalue weighted by Crippen LogP contribution is 2.30. The van der Waals surface area contributed by atoms with Gasteiger partial charge in [0.25, 0.3) is 22.9 Å². The summed E-state index contributed by atoms with van der Waals surface area (Å²) in [6.07, 6.45) is 9.41. The summed E-state index contributed by atoms with van der Waals surface area (Å²) >= 11 is 15.3. The molecular weight excluding hydrogens is 767 g/mol. The van der Waals surface area contributed by atoms with Gasteiger partial charge in [-0.15, -0.1) is 0 Å². The zero-order valence-electron chi connectivity index (χ0n) is 27.2. The van der Waals surface area contributed by atoms with Gasteiger partial charge in [0, 0.05) is 24.8 Å². The normalized spacial score (nSPS) is 14.7. The van der Waals surface area contributed by atoms with Crippen LogP contribution in [-0.2, 0) is 11.3 Å². The minimum absolute atomic E-state index is 0.149. The topological polar surface area (TPSA) is 218 Å². The Morgan fingerprint density at radius 3 is 1.84 bits per heavy atom. The minimum atomic E-state index is -0.875. The van der Waals surface area contributed by atoms with Crippen molar-refractivity contribution in [1.29, 1.82) is 0 Å². The van der Waals surface area contributed by atoms with Crippen molar-refractivity contribution in [2.45, 2.75) is 39.0 Å². The van der Waals surface area contributed by atoms with Crippen LogP contribution < -0.4 is 32.8 Å². The third-order valence-electron chi connectivity index (χ3n) is 7.81. The predicted molar refractivity (Wildman–Crippen MR) is 195 cm³/mol. The highest BCUT2D eigenvalue weighted by Gasteiger charge is 2.39. The third-order valence-corrected chi connectivity index (χ3v) is 8.95. The number of pyridine rings is 4. The smallest absolute Gasteiger partial charge is 0.276 e. The molecule has 6 aromatic heterocycles. The monoisotopic (exact) mass is 792 g/mol. The van der Waals surface area contributed by atoms with Crippen molar-refractivity contribution in [3.05, 3.63) is 108 Å². The fraction of sp³-hybridized carbons (Fsp3) is 0.188. The fourth-order valence-corrected chi connectivity index (χ4v) is 6.65. The molecule has 6 aromatic rings. The number of amides is 2. The number of halogens is 3. The van der Waals surface area contributed by atoms with Crippen LogP contribution in [0, 0.1) is 0 Å². The Kier molecular flexibility index (Phi) is 9.22. The maximum absolute atomic E-state index is 12.9. The molecule has 8 heterocycles. The van der Waals surface area contributed by atoms with Crippen LogP contribution in [-0.4, -0.2) is 50.9 Å². The molecule has 0 fully saturated rings. The molecule has 0 bridgehead atoms. The molecule has 0 atom stereocenters. The fourth-order valence-electron chi connectivity index (χ4n) is 5.55. The lowest BCUT2D eigenvalue weighted by molar-refractivity contribution is 0.0925. The van der Waals surface area contributed by atoms with E-state index in [9.17, 15) is 19.2 Å². The predicted octanol–water partition coefficient (Wildman–Crippen LogP) is 4.33. The average Bonchev–Trinajstić information content (AvgIpc) is 3.49. The molecule has 0 spiro atoms. The standard InChI is InChI=1S/C16H13ClN6O2.C9H8BrClN2O2.C7H6N4/c1-16(2)22-14(24)12-9(17)5-11(15(25)23(12)16)21-13-8-6-18-4-3-10(8)19-7-20-13;1-9(2)12-7(14)6-5(11)3-4(10)8(15)13(6)9;8-7-5-3-9-2-1-6(5)10-4-11-7/h3-7H,1-2H3,(H,22,24)(H,19,20,21);3H,1-2H3,(H,12,14);1-4H,(H2,8,10,11). The highest BCUT2D eigenvalue weighted by molar-refractivity contribution is 9.10. The van der Waals surface area contributed by atoms with Gasteiger partial charge in [-0.1, -0.05) is 23.2 Å². The number of fused-ring (bicyclic) bond motifs is 4. The molecule has 0 unspecified atom stereocenters. The second-order valence-electron chi connectivity index (χ2n) is 12.1. The van der Waals surface area contributed by atoms with E-state index < -0.39 is 11.3 Å².